The Hall–Kier alpha value is -3.98. The van der Waals surface area contributed by atoms with Gasteiger partial charge in [-0.3, -0.25) is 4.79 Å². The second-order valence-electron chi connectivity index (χ2n) is 10.6. The molecule has 2 aromatic heterocycles. The van der Waals surface area contributed by atoms with E-state index in [2.05, 4.69) is 25.7 Å². The predicted molar refractivity (Wildman–Crippen MR) is 152 cm³/mol. The summed E-state index contributed by atoms with van der Waals surface area (Å²) < 4.78 is 30.3. The Balaban J connectivity index is 1.38. The molecular weight excluding hydrogens is 510 g/mol. The van der Waals surface area contributed by atoms with Crippen molar-refractivity contribution in [1.29, 1.82) is 0 Å². The quantitative estimate of drug-likeness (QED) is 0.213. The van der Waals surface area contributed by atoms with E-state index in [1.54, 1.807) is 10.7 Å². The van der Waals surface area contributed by atoms with Crippen LogP contribution in [-0.2, 0) is 25.3 Å². The van der Waals surface area contributed by atoms with Gasteiger partial charge in [-0.15, -0.1) is 0 Å². The number of hydrogen-bond acceptors (Lipinski definition) is 6. The SMILES string of the molecule is CCc1cc(-n2nc(C)cc2Nc2cc(CC(=O)c3cc(CNC4CC4)cc(C(C)(F)F)c3)ccc2C)ncn1. The first-order valence-electron chi connectivity index (χ1n) is 13.6. The number of anilines is 2. The molecule has 0 aliphatic heterocycles. The number of carbonyl (C=O) groups excluding carboxylic acids is 1. The molecule has 1 saturated carbocycles. The number of nitrogens with one attached hydrogen (secondary N) is 2. The number of benzene rings is 2. The Labute approximate surface area is 233 Å². The highest BCUT2D eigenvalue weighted by molar-refractivity contribution is 5.98. The van der Waals surface area contributed by atoms with Gasteiger partial charge in [0.05, 0.1) is 5.69 Å². The largest absolute Gasteiger partial charge is 0.340 e. The van der Waals surface area contributed by atoms with Crippen LogP contribution in [0.5, 0.6) is 0 Å². The number of carbonyl (C=O) groups is 1. The molecule has 2 aromatic carbocycles. The van der Waals surface area contributed by atoms with Crippen molar-refractivity contribution < 1.29 is 13.6 Å². The van der Waals surface area contributed by atoms with Gasteiger partial charge in [-0.05, 0) is 74.1 Å². The summed E-state index contributed by atoms with van der Waals surface area (Å²) in [5.74, 6) is -1.85. The van der Waals surface area contributed by atoms with Crippen molar-refractivity contribution in [3.8, 4) is 5.82 Å². The van der Waals surface area contributed by atoms with Crippen LogP contribution >= 0.6 is 0 Å². The van der Waals surface area contributed by atoms with Gasteiger partial charge in [0.1, 0.15) is 12.1 Å². The lowest BCUT2D eigenvalue weighted by Crippen LogP contribution is -2.17. The lowest BCUT2D eigenvalue weighted by molar-refractivity contribution is 0.0173. The highest BCUT2D eigenvalue weighted by atomic mass is 19.3. The van der Waals surface area contributed by atoms with Gasteiger partial charge < -0.3 is 10.6 Å². The first kappa shape index (κ1) is 27.6. The fourth-order valence-electron chi connectivity index (χ4n) is 4.56. The summed E-state index contributed by atoms with van der Waals surface area (Å²) in [6.45, 7) is 7.25. The molecular formula is C31H34F2N6O. The van der Waals surface area contributed by atoms with Crippen LogP contribution < -0.4 is 10.6 Å². The standard InChI is InChI=1S/C31H34F2N6O/c1-5-25-16-29(36-18-35-25)39-30(10-20(3)38-39)37-27-13-21(7-6-19(27)2)14-28(40)23-11-22(17-34-26-8-9-26)12-24(15-23)31(4,32)33/h6-7,10-13,15-16,18,26,34,37H,5,8-9,14,17H2,1-4H3. The van der Waals surface area contributed by atoms with Crippen molar-refractivity contribution in [3.63, 3.8) is 0 Å². The van der Waals surface area contributed by atoms with E-state index in [0.29, 0.717) is 29.5 Å². The topological polar surface area (TPSA) is 84.7 Å². The zero-order valence-corrected chi connectivity index (χ0v) is 23.3. The van der Waals surface area contributed by atoms with Crippen LogP contribution in [0.4, 0.5) is 20.3 Å². The summed E-state index contributed by atoms with van der Waals surface area (Å²) in [6.07, 6.45) is 4.60. The lowest BCUT2D eigenvalue weighted by atomic mass is 9.96. The van der Waals surface area contributed by atoms with E-state index in [1.807, 2.05) is 51.1 Å². The fourth-order valence-corrected chi connectivity index (χ4v) is 4.56. The smallest absolute Gasteiger partial charge is 0.270 e. The Morgan fingerprint density at radius 1 is 1.05 bits per heavy atom. The van der Waals surface area contributed by atoms with Crippen molar-refractivity contribution >= 4 is 17.3 Å². The molecule has 9 heteroatoms. The Morgan fingerprint density at radius 2 is 1.85 bits per heavy atom. The summed E-state index contributed by atoms with van der Waals surface area (Å²) in [5.41, 5.74) is 5.17. The molecule has 0 atom stereocenters. The summed E-state index contributed by atoms with van der Waals surface area (Å²) >= 11 is 0. The second kappa shape index (κ2) is 11.3. The summed E-state index contributed by atoms with van der Waals surface area (Å²) in [5, 5.41) is 11.4. The van der Waals surface area contributed by atoms with E-state index in [9.17, 15) is 13.6 Å². The minimum atomic E-state index is -3.03. The number of ketones is 1. The van der Waals surface area contributed by atoms with Crippen molar-refractivity contribution in [2.75, 3.05) is 5.32 Å². The van der Waals surface area contributed by atoms with Crippen molar-refractivity contribution in [1.82, 2.24) is 25.1 Å². The fraction of sp³-hybridized carbons (Fsp3) is 0.355. The number of aryl methyl sites for hydroxylation is 3. The lowest BCUT2D eigenvalue weighted by Gasteiger charge is -2.16. The van der Waals surface area contributed by atoms with Gasteiger partial charge in [-0.25, -0.2) is 18.7 Å². The second-order valence-corrected chi connectivity index (χ2v) is 10.6. The van der Waals surface area contributed by atoms with Gasteiger partial charge in [0, 0.05) is 60.6 Å². The van der Waals surface area contributed by atoms with Gasteiger partial charge in [-0.1, -0.05) is 19.1 Å². The number of Topliss-reactive ketones (excluding diaryl/α,β-unsaturated/α-hetero) is 1. The maximum Gasteiger partial charge on any atom is 0.270 e. The molecule has 208 valence electrons. The van der Waals surface area contributed by atoms with Crippen molar-refractivity contribution in [3.05, 3.63) is 94.1 Å². The molecule has 0 bridgehead atoms. The van der Waals surface area contributed by atoms with E-state index < -0.39 is 5.92 Å². The normalized spacial score (nSPS) is 13.4. The zero-order chi connectivity index (χ0) is 28.4. The van der Waals surface area contributed by atoms with Gasteiger partial charge in [0.2, 0.25) is 0 Å². The number of aromatic nitrogens is 4. The summed E-state index contributed by atoms with van der Waals surface area (Å²) in [6, 6.07) is 14.6. The zero-order valence-electron chi connectivity index (χ0n) is 23.3. The highest BCUT2D eigenvalue weighted by Crippen LogP contribution is 2.30. The molecule has 5 rings (SSSR count). The van der Waals surface area contributed by atoms with Crippen LogP contribution in [0.15, 0.2) is 54.9 Å². The van der Waals surface area contributed by atoms with Crippen molar-refractivity contribution in [2.24, 2.45) is 0 Å². The number of halogens is 2. The Morgan fingerprint density at radius 3 is 2.58 bits per heavy atom. The van der Waals surface area contributed by atoms with Crippen LogP contribution in [0.25, 0.3) is 5.82 Å². The molecule has 0 spiro atoms. The monoisotopic (exact) mass is 544 g/mol. The molecule has 0 unspecified atom stereocenters. The molecule has 1 fully saturated rings. The average molecular weight is 545 g/mol. The van der Waals surface area contributed by atoms with E-state index >= 15 is 0 Å². The van der Waals surface area contributed by atoms with E-state index in [-0.39, 0.29) is 17.8 Å². The third-order valence-corrected chi connectivity index (χ3v) is 7.04. The van der Waals surface area contributed by atoms with E-state index in [1.165, 1.54) is 18.5 Å². The molecule has 0 saturated heterocycles. The molecule has 0 radical (unpaired) electrons. The maximum atomic E-state index is 14.3. The molecule has 40 heavy (non-hydrogen) atoms. The third-order valence-electron chi connectivity index (χ3n) is 7.04. The van der Waals surface area contributed by atoms with Gasteiger partial charge in [-0.2, -0.15) is 9.78 Å². The highest BCUT2D eigenvalue weighted by Gasteiger charge is 2.27. The minimum Gasteiger partial charge on any atom is -0.340 e. The summed E-state index contributed by atoms with van der Waals surface area (Å²) in [7, 11) is 0. The third kappa shape index (κ3) is 6.59. The first-order chi connectivity index (χ1) is 19.1. The van der Waals surface area contributed by atoms with E-state index in [0.717, 1.165) is 60.2 Å². The van der Waals surface area contributed by atoms with Crippen LogP contribution in [0.3, 0.4) is 0 Å². The number of hydrogen-bond donors (Lipinski definition) is 2. The summed E-state index contributed by atoms with van der Waals surface area (Å²) in [4.78, 5) is 22.0. The number of nitrogens with zero attached hydrogens (tertiary/aromatic N) is 4. The first-order valence-corrected chi connectivity index (χ1v) is 13.6. The molecule has 7 nitrogen and oxygen atoms in total. The molecule has 0 amide bonds. The van der Waals surface area contributed by atoms with Gasteiger partial charge in [0.25, 0.3) is 5.92 Å². The van der Waals surface area contributed by atoms with Crippen molar-refractivity contribution in [2.45, 2.75) is 71.9 Å². The predicted octanol–water partition coefficient (Wildman–Crippen LogP) is 6.37. The number of alkyl halides is 2. The maximum absolute atomic E-state index is 14.3. The number of rotatable bonds is 11. The molecule has 1 aliphatic rings. The van der Waals surface area contributed by atoms with Crippen LogP contribution in [0.2, 0.25) is 0 Å². The molecule has 2 heterocycles. The average Bonchev–Trinajstić information content (AvgIpc) is 3.69. The van der Waals surface area contributed by atoms with Crippen LogP contribution in [0.1, 0.15) is 70.7 Å². The van der Waals surface area contributed by atoms with Crippen LogP contribution in [0, 0.1) is 13.8 Å². The van der Waals surface area contributed by atoms with Gasteiger partial charge >= 0.3 is 0 Å². The Bertz CT molecular complexity index is 1540. The van der Waals surface area contributed by atoms with Crippen LogP contribution in [-0.4, -0.2) is 31.6 Å². The molecule has 2 N–H and O–H groups in total. The minimum absolute atomic E-state index is 0.0905. The van der Waals surface area contributed by atoms with Gasteiger partial charge in [0.15, 0.2) is 11.6 Å². The Kier molecular flexibility index (Phi) is 7.76. The molecule has 1 aliphatic carbocycles. The van der Waals surface area contributed by atoms with E-state index in [4.69, 9.17) is 0 Å². The molecule has 4 aromatic rings.